The average molecular weight is 391 g/mol. The van der Waals surface area contributed by atoms with Gasteiger partial charge in [-0.25, -0.2) is 9.38 Å². The van der Waals surface area contributed by atoms with Crippen LogP contribution in [-0.4, -0.2) is 27.1 Å². The second kappa shape index (κ2) is 7.86. The van der Waals surface area contributed by atoms with Crippen molar-refractivity contribution in [1.82, 2.24) is 9.47 Å². The zero-order valence-electron chi connectivity index (χ0n) is 15.2. The zero-order valence-corrected chi connectivity index (χ0v) is 16.1. The van der Waals surface area contributed by atoms with Crippen LogP contribution in [0.25, 0.3) is 11.8 Å². The van der Waals surface area contributed by atoms with Gasteiger partial charge in [-0.3, -0.25) is 9.69 Å². The first-order valence-electron chi connectivity index (χ1n) is 8.94. The van der Waals surface area contributed by atoms with Gasteiger partial charge in [0, 0.05) is 24.1 Å². The van der Waals surface area contributed by atoms with Crippen molar-refractivity contribution in [1.29, 1.82) is 0 Å². The van der Waals surface area contributed by atoms with E-state index in [0.29, 0.717) is 22.3 Å². The minimum absolute atomic E-state index is 0.0748. The van der Waals surface area contributed by atoms with E-state index in [1.807, 2.05) is 66.2 Å². The SMILES string of the molecule is CCN1C(=O)/C(=C\c2cccn2-c2ccccc2)SC1=Nc1ccc(F)cc1. The van der Waals surface area contributed by atoms with Crippen LogP contribution in [0, 0.1) is 5.82 Å². The van der Waals surface area contributed by atoms with Crippen molar-refractivity contribution in [2.24, 2.45) is 4.99 Å². The molecular formula is C22H18FN3OS. The Kier molecular flexibility index (Phi) is 5.12. The molecule has 1 aliphatic rings. The average Bonchev–Trinajstić information content (AvgIpc) is 3.29. The Morgan fingerprint density at radius 2 is 1.79 bits per heavy atom. The first-order chi connectivity index (χ1) is 13.7. The topological polar surface area (TPSA) is 37.6 Å². The molecule has 0 unspecified atom stereocenters. The molecule has 0 spiro atoms. The number of aromatic nitrogens is 1. The molecule has 0 radical (unpaired) electrons. The van der Waals surface area contributed by atoms with Gasteiger partial charge in [0.25, 0.3) is 5.91 Å². The largest absolute Gasteiger partial charge is 0.317 e. The quantitative estimate of drug-likeness (QED) is 0.571. The number of amides is 1. The van der Waals surface area contributed by atoms with Gasteiger partial charge in [0.1, 0.15) is 5.82 Å². The number of amidine groups is 1. The van der Waals surface area contributed by atoms with Gasteiger partial charge in [-0.05, 0) is 73.3 Å². The van der Waals surface area contributed by atoms with E-state index in [1.54, 1.807) is 17.0 Å². The van der Waals surface area contributed by atoms with Gasteiger partial charge >= 0.3 is 0 Å². The predicted octanol–water partition coefficient (Wildman–Crippen LogP) is 5.24. The number of halogens is 1. The van der Waals surface area contributed by atoms with E-state index < -0.39 is 0 Å². The molecule has 0 bridgehead atoms. The number of nitrogens with zero attached hydrogens (tertiary/aromatic N) is 3. The number of aliphatic imine (C=N–C) groups is 1. The second-order valence-electron chi connectivity index (χ2n) is 6.17. The molecular weight excluding hydrogens is 373 g/mol. The number of thioether (sulfide) groups is 1. The fourth-order valence-electron chi connectivity index (χ4n) is 2.97. The van der Waals surface area contributed by atoms with Crippen molar-refractivity contribution >= 4 is 34.6 Å². The summed E-state index contributed by atoms with van der Waals surface area (Å²) in [5.41, 5.74) is 2.56. The highest BCUT2D eigenvalue weighted by molar-refractivity contribution is 8.18. The number of para-hydroxylation sites is 1. The van der Waals surface area contributed by atoms with Gasteiger partial charge in [-0.1, -0.05) is 18.2 Å². The Labute approximate surface area is 167 Å². The molecule has 4 nitrogen and oxygen atoms in total. The fourth-order valence-corrected chi connectivity index (χ4v) is 4.01. The molecule has 0 atom stereocenters. The number of rotatable bonds is 4. The first-order valence-corrected chi connectivity index (χ1v) is 9.76. The molecule has 2 aromatic carbocycles. The van der Waals surface area contributed by atoms with Crippen molar-refractivity contribution < 1.29 is 9.18 Å². The summed E-state index contributed by atoms with van der Waals surface area (Å²) in [6.45, 7) is 2.43. The maximum absolute atomic E-state index is 13.1. The van der Waals surface area contributed by atoms with Gasteiger partial charge in [0.15, 0.2) is 5.17 Å². The number of likely N-dealkylation sites (N-methyl/N-ethyl adjacent to an activating group) is 1. The maximum atomic E-state index is 13.1. The highest BCUT2D eigenvalue weighted by Crippen LogP contribution is 2.34. The standard InChI is InChI=1S/C22H18FN3OS/c1-2-25-21(27)20(28-22(25)24-17-12-10-16(23)11-13-17)15-19-9-6-14-26(19)18-7-4-3-5-8-18/h3-15H,2H2,1H3/b20-15+,24-22?. The van der Waals surface area contributed by atoms with Crippen LogP contribution in [0.4, 0.5) is 10.1 Å². The van der Waals surface area contributed by atoms with Crippen LogP contribution >= 0.6 is 11.8 Å². The van der Waals surface area contributed by atoms with Gasteiger partial charge in [-0.15, -0.1) is 0 Å². The molecule has 28 heavy (non-hydrogen) atoms. The predicted molar refractivity (Wildman–Crippen MR) is 112 cm³/mol. The van der Waals surface area contributed by atoms with Crippen molar-refractivity contribution in [3.05, 3.63) is 89.3 Å². The lowest BCUT2D eigenvalue weighted by Crippen LogP contribution is -2.28. The van der Waals surface area contributed by atoms with Crippen LogP contribution in [0.15, 0.2) is 82.8 Å². The highest BCUT2D eigenvalue weighted by atomic mass is 32.2. The molecule has 1 saturated heterocycles. The van der Waals surface area contributed by atoms with E-state index >= 15 is 0 Å². The Hall–Kier alpha value is -3.12. The van der Waals surface area contributed by atoms with Crippen LogP contribution in [-0.2, 0) is 4.79 Å². The number of benzene rings is 2. The summed E-state index contributed by atoms with van der Waals surface area (Å²) >= 11 is 1.33. The lowest BCUT2D eigenvalue weighted by atomic mass is 10.3. The van der Waals surface area contributed by atoms with Crippen LogP contribution in [0.3, 0.4) is 0 Å². The summed E-state index contributed by atoms with van der Waals surface area (Å²) in [5, 5.41) is 0.600. The normalized spacial score (nSPS) is 17.1. The van der Waals surface area contributed by atoms with Gasteiger partial charge in [-0.2, -0.15) is 0 Å². The third-order valence-electron chi connectivity index (χ3n) is 4.35. The van der Waals surface area contributed by atoms with Crippen LogP contribution in [0.5, 0.6) is 0 Å². The van der Waals surface area contributed by atoms with Gasteiger partial charge in [0.05, 0.1) is 10.6 Å². The molecule has 2 heterocycles. The molecule has 6 heteroatoms. The van der Waals surface area contributed by atoms with Crippen molar-refractivity contribution in [2.75, 3.05) is 6.54 Å². The van der Waals surface area contributed by atoms with Gasteiger partial charge in [0.2, 0.25) is 0 Å². The van der Waals surface area contributed by atoms with Crippen LogP contribution in [0.2, 0.25) is 0 Å². The van der Waals surface area contributed by atoms with Gasteiger partial charge < -0.3 is 4.57 Å². The molecule has 0 N–H and O–H groups in total. The van der Waals surface area contributed by atoms with E-state index in [4.69, 9.17) is 0 Å². The minimum Gasteiger partial charge on any atom is -0.317 e. The Bertz CT molecular complexity index is 1050. The highest BCUT2D eigenvalue weighted by Gasteiger charge is 2.32. The van der Waals surface area contributed by atoms with E-state index in [1.165, 1.54) is 23.9 Å². The second-order valence-corrected chi connectivity index (χ2v) is 7.18. The summed E-state index contributed by atoms with van der Waals surface area (Å²) < 4.78 is 15.2. The molecule has 4 rings (SSSR count). The summed E-state index contributed by atoms with van der Waals surface area (Å²) in [4.78, 5) is 19.6. The summed E-state index contributed by atoms with van der Waals surface area (Å²) in [6, 6.07) is 19.8. The Morgan fingerprint density at radius 1 is 1.04 bits per heavy atom. The van der Waals surface area contributed by atoms with Crippen molar-refractivity contribution in [3.63, 3.8) is 0 Å². The smallest absolute Gasteiger partial charge is 0.266 e. The van der Waals surface area contributed by atoms with Crippen molar-refractivity contribution in [2.45, 2.75) is 6.92 Å². The Balaban J connectivity index is 1.67. The van der Waals surface area contributed by atoms with E-state index in [-0.39, 0.29) is 11.7 Å². The molecule has 0 aliphatic carbocycles. The molecule has 140 valence electrons. The fraction of sp³-hybridized carbons (Fsp3) is 0.0909. The molecule has 1 amide bonds. The lowest BCUT2D eigenvalue weighted by Gasteiger charge is -2.12. The number of carbonyl (C=O) groups excluding carboxylic acids is 1. The first kappa shape index (κ1) is 18.3. The molecule has 1 fully saturated rings. The monoisotopic (exact) mass is 391 g/mol. The van der Waals surface area contributed by atoms with E-state index in [9.17, 15) is 9.18 Å². The number of carbonyl (C=O) groups is 1. The third kappa shape index (κ3) is 3.64. The maximum Gasteiger partial charge on any atom is 0.266 e. The molecule has 0 saturated carbocycles. The molecule has 1 aromatic heterocycles. The number of hydrogen-bond acceptors (Lipinski definition) is 3. The number of hydrogen-bond donors (Lipinski definition) is 0. The lowest BCUT2D eigenvalue weighted by molar-refractivity contribution is -0.122. The summed E-state index contributed by atoms with van der Waals surface area (Å²) in [6.07, 6.45) is 3.85. The summed E-state index contributed by atoms with van der Waals surface area (Å²) in [7, 11) is 0. The van der Waals surface area contributed by atoms with E-state index in [0.717, 1.165) is 11.4 Å². The molecule has 3 aromatic rings. The van der Waals surface area contributed by atoms with Crippen LogP contribution in [0.1, 0.15) is 12.6 Å². The zero-order chi connectivity index (χ0) is 19.5. The third-order valence-corrected chi connectivity index (χ3v) is 5.36. The summed E-state index contributed by atoms with van der Waals surface area (Å²) in [5.74, 6) is -0.386. The van der Waals surface area contributed by atoms with E-state index in [2.05, 4.69) is 4.99 Å². The minimum atomic E-state index is -0.311. The Morgan fingerprint density at radius 3 is 2.50 bits per heavy atom. The van der Waals surface area contributed by atoms with Crippen LogP contribution < -0.4 is 0 Å². The van der Waals surface area contributed by atoms with Crippen molar-refractivity contribution in [3.8, 4) is 5.69 Å². The molecule has 1 aliphatic heterocycles.